The first-order chi connectivity index (χ1) is 16.8. The third-order valence-electron chi connectivity index (χ3n) is 5.79. The molecule has 0 saturated heterocycles. The minimum atomic E-state index is -1.16. The molecule has 3 aromatic rings. The van der Waals surface area contributed by atoms with Crippen molar-refractivity contribution in [1.82, 2.24) is 5.32 Å². The molecule has 0 heterocycles. The first-order valence-electron chi connectivity index (χ1n) is 10.9. The Labute approximate surface area is 209 Å². The monoisotopic (exact) mass is 540 g/mol. The summed E-state index contributed by atoms with van der Waals surface area (Å²) in [6.45, 7) is 0.0536. The van der Waals surface area contributed by atoms with Crippen LogP contribution in [0.15, 0.2) is 71.2 Å². The molecule has 35 heavy (non-hydrogen) atoms. The van der Waals surface area contributed by atoms with Crippen molar-refractivity contribution in [3.63, 3.8) is 0 Å². The van der Waals surface area contributed by atoms with E-state index in [1.54, 1.807) is 0 Å². The molecule has 0 aromatic heterocycles. The zero-order valence-electron chi connectivity index (χ0n) is 18.5. The lowest BCUT2D eigenvalue weighted by molar-refractivity contribution is -0.137. The Morgan fingerprint density at radius 3 is 2.23 bits per heavy atom. The first kappa shape index (κ1) is 24.4. The predicted molar refractivity (Wildman–Crippen MR) is 132 cm³/mol. The van der Waals surface area contributed by atoms with Gasteiger partial charge in [-0.05, 0) is 62.8 Å². The van der Waals surface area contributed by atoms with Gasteiger partial charge in [-0.1, -0.05) is 48.5 Å². The van der Waals surface area contributed by atoms with Crippen LogP contribution >= 0.6 is 15.9 Å². The van der Waals surface area contributed by atoms with Crippen LogP contribution in [-0.2, 0) is 14.3 Å². The second-order valence-corrected chi connectivity index (χ2v) is 8.93. The van der Waals surface area contributed by atoms with Crippen molar-refractivity contribution in [2.24, 2.45) is 0 Å². The third-order valence-corrected chi connectivity index (χ3v) is 6.39. The SMILES string of the molecule is O=C(O)CCC(NC(=O)OCC1c2ccccc2-c2ccccc21)C(=O)Nc1ccc(F)c(Br)c1. The van der Waals surface area contributed by atoms with Crippen LogP contribution in [0.25, 0.3) is 11.1 Å². The summed E-state index contributed by atoms with van der Waals surface area (Å²) < 4.78 is 19.1. The van der Waals surface area contributed by atoms with E-state index in [4.69, 9.17) is 9.84 Å². The summed E-state index contributed by atoms with van der Waals surface area (Å²) >= 11 is 3.05. The van der Waals surface area contributed by atoms with Crippen LogP contribution in [0.2, 0.25) is 0 Å². The van der Waals surface area contributed by atoms with E-state index in [9.17, 15) is 18.8 Å². The van der Waals surface area contributed by atoms with E-state index >= 15 is 0 Å². The van der Waals surface area contributed by atoms with Crippen LogP contribution < -0.4 is 10.6 Å². The van der Waals surface area contributed by atoms with E-state index in [1.165, 1.54) is 18.2 Å². The lowest BCUT2D eigenvalue weighted by atomic mass is 9.98. The summed E-state index contributed by atoms with van der Waals surface area (Å²) in [4.78, 5) is 36.4. The maximum absolute atomic E-state index is 13.5. The fourth-order valence-electron chi connectivity index (χ4n) is 4.12. The zero-order valence-corrected chi connectivity index (χ0v) is 20.0. The number of carboxylic acid groups (broad SMARTS) is 1. The average molecular weight is 541 g/mol. The summed E-state index contributed by atoms with van der Waals surface area (Å²) in [5, 5.41) is 14.1. The van der Waals surface area contributed by atoms with Gasteiger partial charge in [-0.2, -0.15) is 0 Å². The van der Waals surface area contributed by atoms with Crippen molar-refractivity contribution in [3.8, 4) is 11.1 Å². The van der Waals surface area contributed by atoms with Gasteiger partial charge in [0.2, 0.25) is 5.91 Å². The Bertz CT molecular complexity index is 1240. The van der Waals surface area contributed by atoms with Crippen molar-refractivity contribution in [1.29, 1.82) is 0 Å². The van der Waals surface area contributed by atoms with Gasteiger partial charge in [-0.3, -0.25) is 9.59 Å². The molecule has 7 nitrogen and oxygen atoms in total. The fourth-order valence-corrected chi connectivity index (χ4v) is 4.50. The summed E-state index contributed by atoms with van der Waals surface area (Å²) in [5.41, 5.74) is 4.55. The number of carbonyl (C=O) groups excluding carboxylic acids is 2. The quantitative estimate of drug-likeness (QED) is 0.359. The molecule has 0 bridgehead atoms. The number of hydrogen-bond acceptors (Lipinski definition) is 4. The van der Waals surface area contributed by atoms with E-state index in [0.29, 0.717) is 0 Å². The molecule has 9 heteroatoms. The van der Waals surface area contributed by atoms with Crippen LogP contribution in [-0.4, -0.2) is 35.7 Å². The van der Waals surface area contributed by atoms with Gasteiger partial charge in [0.05, 0.1) is 4.47 Å². The average Bonchev–Trinajstić information content (AvgIpc) is 3.16. The number of amides is 2. The van der Waals surface area contributed by atoms with Gasteiger partial charge in [-0.25, -0.2) is 9.18 Å². The summed E-state index contributed by atoms with van der Waals surface area (Å²) in [6.07, 6.45) is -1.32. The van der Waals surface area contributed by atoms with Crippen molar-refractivity contribution < 1.29 is 28.6 Å². The highest BCUT2D eigenvalue weighted by Crippen LogP contribution is 2.44. The highest BCUT2D eigenvalue weighted by atomic mass is 79.9. The molecule has 1 atom stereocenters. The van der Waals surface area contributed by atoms with E-state index in [1.807, 2.05) is 48.5 Å². The second kappa shape index (κ2) is 10.7. The van der Waals surface area contributed by atoms with Crippen LogP contribution in [0.5, 0.6) is 0 Å². The molecule has 0 radical (unpaired) electrons. The predicted octanol–water partition coefficient (Wildman–Crippen LogP) is 5.30. The Morgan fingerprint density at radius 1 is 1.00 bits per heavy atom. The van der Waals surface area contributed by atoms with Crippen molar-refractivity contribution in [2.75, 3.05) is 11.9 Å². The van der Waals surface area contributed by atoms with Crippen LogP contribution in [0.3, 0.4) is 0 Å². The topological polar surface area (TPSA) is 105 Å². The number of halogens is 2. The number of alkyl carbamates (subject to hydrolysis) is 1. The van der Waals surface area contributed by atoms with Crippen molar-refractivity contribution in [3.05, 3.63) is 88.1 Å². The number of carbonyl (C=O) groups is 3. The number of ether oxygens (including phenoxy) is 1. The van der Waals surface area contributed by atoms with E-state index in [-0.39, 0.29) is 35.5 Å². The van der Waals surface area contributed by atoms with Gasteiger partial charge in [-0.15, -0.1) is 0 Å². The summed E-state index contributed by atoms with van der Waals surface area (Å²) in [5.74, 6) is -2.40. The summed E-state index contributed by atoms with van der Waals surface area (Å²) in [6, 6.07) is 18.5. The molecule has 0 spiro atoms. The van der Waals surface area contributed by atoms with Gasteiger partial charge >= 0.3 is 12.1 Å². The number of nitrogens with one attached hydrogen (secondary N) is 2. The Kier molecular flexibility index (Phi) is 7.45. The lowest BCUT2D eigenvalue weighted by Gasteiger charge is -2.19. The molecule has 2 amide bonds. The Morgan fingerprint density at radius 2 is 1.63 bits per heavy atom. The van der Waals surface area contributed by atoms with Gasteiger partial charge in [0.25, 0.3) is 0 Å². The van der Waals surface area contributed by atoms with E-state index in [2.05, 4.69) is 26.6 Å². The highest BCUT2D eigenvalue weighted by molar-refractivity contribution is 9.10. The van der Waals surface area contributed by atoms with Crippen LogP contribution in [0, 0.1) is 5.82 Å². The molecule has 3 N–H and O–H groups in total. The number of fused-ring (bicyclic) bond motifs is 3. The molecule has 0 fully saturated rings. The molecule has 0 saturated carbocycles. The van der Waals surface area contributed by atoms with Gasteiger partial charge < -0.3 is 20.5 Å². The number of anilines is 1. The van der Waals surface area contributed by atoms with E-state index < -0.39 is 29.8 Å². The van der Waals surface area contributed by atoms with Gasteiger partial charge in [0.1, 0.15) is 18.5 Å². The van der Waals surface area contributed by atoms with Crippen molar-refractivity contribution in [2.45, 2.75) is 24.8 Å². The summed E-state index contributed by atoms with van der Waals surface area (Å²) in [7, 11) is 0. The molecule has 1 aliphatic carbocycles. The molecule has 3 aromatic carbocycles. The highest BCUT2D eigenvalue weighted by Gasteiger charge is 2.30. The third kappa shape index (κ3) is 5.68. The number of benzene rings is 3. The van der Waals surface area contributed by atoms with Gasteiger partial charge in [0, 0.05) is 18.0 Å². The Balaban J connectivity index is 1.43. The molecule has 0 aliphatic heterocycles. The molecule has 1 unspecified atom stereocenters. The molecule has 1 aliphatic rings. The number of rotatable bonds is 8. The minimum Gasteiger partial charge on any atom is -0.481 e. The van der Waals surface area contributed by atoms with Crippen LogP contribution in [0.4, 0.5) is 14.9 Å². The zero-order chi connectivity index (χ0) is 24.9. The normalized spacial score (nSPS) is 12.9. The maximum atomic E-state index is 13.5. The first-order valence-corrected chi connectivity index (χ1v) is 11.7. The van der Waals surface area contributed by atoms with Gasteiger partial charge in [0.15, 0.2) is 0 Å². The van der Waals surface area contributed by atoms with E-state index in [0.717, 1.165) is 22.3 Å². The number of hydrogen-bond donors (Lipinski definition) is 3. The Hall–Kier alpha value is -3.72. The second-order valence-electron chi connectivity index (χ2n) is 8.07. The fraction of sp³-hybridized carbons (Fsp3) is 0.192. The molecule has 4 rings (SSSR count). The largest absolute Gasteiger partial charge is 0.481 e. The lowest BCUT2D eigenvalue weighted by Crippen LogP contribution is -2.44. The van der Waals surface area contributed by atoms with Crippen molar-refractivity contribution >= 4 is 39.6 Å². The maximum Gasteiger partial charge on any atom is 0.407 e. The van der Waals surface area contributed by atoms with Crippen LogP contribution in [0.1, 0.15) is 29.9 Å². The standard InChI is InChI=1S/C26H22BrFN2O5/c27-21-13-15(9-10-22(21)28)29-25(33)23(11-12-24(31)32)30-26(34)35-14-20-18-7-3-1-5-16(18)17-6-2-4-8-19(17)20/h1-10,13,20,23H,11-12,14H2,(H,29,33)(H,30,34)(H,31,32). The molecular weight excluding hydrogens is 519 g/mol. The molecular formula is C26H22BrFN2O5. The molecule has 180 valence electrons. The smallest absolute Gasteiger partial charge is 0.407 e. The number of carboxylic acids is 1. The number of aliphatic carboxylic acids is 1. The minimum absolute atomic E-state index is 0.0536.